The van der Waals surface area contributed by atoms with Crippen LogP contribution in [0.2, 0.25) is 0 Å². The van der Waals surface area contributed by atoms with Gasteiger partial charge in [0.05, 0.1) is 17.7 Å². The molecule has 0 atom stereocenters. The zero-order valence-electron chi connectivity index (χ0n) is 12.5. The summed E-state index contributed by atoms with van der Waals surface area (Å²) in [6, 6.07) is 12.6. The van der Waals surface area contributed by atoms with Crippen molar-refractivity contribution >= 4 is 33.5 Å². The highest BCUT2D eigenvalue weighted by molar-refractivity contribution is 9.10. The van der Waals surface area contributed by atoms with Gasteiger partial charge in [-0.1, -0.05) is 40.2 Å². The first-order valence-corrected chi connectivity index (χ1v) is 7.86. The topological polar surface area (TPSA) is 78.8 Å². The minimum atomic E-state index is -0.972. The molecule has 1 amide bonds. The van der Waals surface area contributed by atoms with Crippen LogP contribution in [0.15, 0.2) is 58.1 Å². The average Bonchev–Trinajstić information content (AvgIpc) is 2.56. The van der Waals surface area contributed by atoms with Crippen LogP contribution < -0.4 is 5.43 Å². The molecule has 0 saturated heterocycles. The molecule has 0 aliphatic carbocycles. The summed E-state index contributed by atoms with van der Waals surface area (Å²) in [7, 11) is 0. The Morgan fingerprint density at radius 1 is 1.08 bits per heavy atom. The number of nitrogens with one attached hydrogen (secondary N) is 1. The van der Waals surface area contributed by atoms with Crippen molar-refractivity contribution in [3.8, 4) is 0 Å². The van der Waals surface area contributed by atoms with Crippen molar-refractivity contribution in [1.82, 2.24) is 5.43 Å². The monoisotopic (exact) mass is 392 g/mol. The molecule has 0 aliphatic rings. The van der Waals surface area contributed by atoms with Gasteiger partial charge in [0, 0.05) is 10.9 Å². The summed E-state index contributed by atoms with van der Waals surface area (Å²) in [4.78, 5) is 22.8. The predicted octanol–water partition coefficient (Wildman–Crippen LogP) is 3.59. The van der Waals surface area contributed by atoms with Crippen molar-refractivity contribution in [3.05, 3.63) is 69.9 Å². The maximum Gasteiger partial charge on any atom is 0.303 e. The molecule has 0 bridgehead atoms. The Bertz CT molecular complexity index is 776. The first-order chi connectivity index (χ1) is 11.5. The molecule has 7 heteroatoms. The SMILES string of the molecule is O=C(O)CC/C(=N/NC(=O)c1ccccc1F)c1ccc(Br)cc1. The lowest BCUT2D eigenvalue weighted by molar-refractivity contribution is -0.136. The fourth-order valence-electron chi connectivity index (χ4n) is 1.96. The van der Waals surface area contributed by atoms with Gasteiger partial charge in [0.15, 0.2) is 0 Å². The van der Waals surface area contributed by atoms with E-state index in [2.05, 4.69) is 26.5 Å². The quantitative estimate of drug-likeness (QED) is 0.582. The van der Waals surface area contributed by atoms with Crippen molar-refractivity contribution in [2.75, 3.05) is 0 Å². The van der Waals surface area contributed by atoms with E-state index in [-0.39, 0.29) is 18.4 Å². The van der Waals surface area contributed by atoms with Crippen molar-refractivity contribution < 1.29 is 19.1 Å². The highest BCUT2D eigenvalue weighted by Gasteiger charge is 2.12. The number of hydrogen-bond donors (Lipinski definition) is 2. The van der Waals surface area contributed by atoms with E-state index in [1.165, 1.54) is 18.2 Å². The van der Waals surface area contributed by atoms with Crippen LogP contribution in [-0.4, -0.2) is 22.7 Å². The van der Waals surface area contributed by atoms with E-state index >= 15 is 0 Å². The molecule has 5 nitrogen and oxygen atoms in total. The molecule has 0 spiro atoms. The standard InChI is InChI=1S/C17H14BrFN2O3/c18-12-7-5-11(6-8-12)15(9-10-16(22)23)20-21-17(24)13-3-1-2-4-14(13)19/h1-8H,9-10H2,(H,21,24)(H,22,23)/b20-15-. The van der Waals surface area contributed by atoms with Crippen LogP contribution in [0.3, 0.4) is 0 Å². The lowest BCUT2D eigenvalue weighted by atomic mass is 10.1. The molecule has 24 heavy (non-hydrogen) atoms. The van der Waals surface area contributed by atoms with Gasteiger partial charge in [0.1, 0.15) is 5.82 Å². The van der Waals surface area contributed by atoms with E-state index < -0.39 is 17.7 Å². The largest absolute Gasteiger partial charge is 0.481 e. The predicted molar refractivity (Wildman–Crippen MR) is 91.4 cm³/mol. The number of hydrazone groups is 1. The number of rotatable bonds is 6. The van der Waals surface area contributed by atoms with E-state index in [1.54, 1.807) is 30.3 Å². The molecular weight excluding hydrogens is 379 g/mol. The van der Waals surface area contributed by atoms with E-state index in [4.69, 9.17) is 5.11 Å². The molecule has 2 aromatic carbocycles. The van der Waals surface area contributed by atoms with Gasteiger partial charge < -0.3 is 5.11 Å². The van der Waals surface area contributed by atoms with Gasteiger partial charge in [-0.2, -0.15) is 5.10 Å². The maximum atomic E-state index is 13.6. The van der Waals surface area contributed by atoms with Crippen LogP contribution in [0, 0.1) is 5.82 Å². The van der Waals surface area contributed by atoms with Gasteiger partial charge in [-0.25, -0.2) is 9.82 Å². The van der Waals surface area contributed by atoms with Crippen molar-refractivity contribution in [2.45, 2.75) is 12.8 Å². The number of benzene rings is 2. The Labute approximate surface area is 146 Å². The van der Waals surface area contributed by atoms with Gasteiger partial charge in [0.25, 0.3) is 5.91 Å². The fraction of sp³-hybridized carbons (Fsp3) is 0.118. The second kappa shape index (κ2) is 8.35. The molecule has 0 aromatic heterocycles. The number of amides is 1. The van der Waals surface area contributed by atoms with E-state index in [0.717, 1.165) is 4.47 Å². The molecule has 0 radical (unpaired) electrons. The van der Waals surface area contributed by atoms with Crippen molar-refractivity contribution in [1.29, 1.82) is 0 Å². The fourth-order valence-corrected chi connectivity index (χ4v) is 2.22. The highest BCUT2D eigenvalue weighted by Crippen LogP contribution is 2.13. The van der Waals surface area contributed by atoms with Crippen LogP contribution >= 0.6 is 15.9 Å². The summed E-state index contributed by atoms with van der Waals surface area (Å²) >= 11 is 3.31. The smallest absolute Gasteiger partial charge is 0.303 e. The van der Waals surface area contributed by atoms with Crippen LogP contribution in [-0.2, 0) is 4.79 Å². The maximum absolute atomic E-state index is 13.6. The summed E-state index contributed by atoms with van der Waals surface area (Å²) in [6.07, 6.45) is -0.00101. The van der Waals surface area contributed by atoms with Gasteiger partial charge in [-0.15, -0.1) is 0 Å². The first-order valence-electron chi connectivity index (χ1n) is 7.06. The summed E-state index contributed by atoms with van der Waals surface area (Å²) in [5.41, 5.74) is 3.22. The third kappa shape index (κ3) is 4.99. The lowest BCUT2D eigenvalue weighted by Crippen LogP contribution is -2.21. The van der Waals surface area contributed by atoms with E-state index in [0.29, 0.717) is 11.3 Å². The number of halogens is 2. The van der Waals surface area contributed by atoms with Crippen LogP contribution in [0.25, 0.3) is 0 Å². The van der Waals surface area contributed by atoms with Gasteiger partial charge >= 0.3 is 5.97 Å². The second-order valence-corrected chi connectivity index (χ2v) is 5.80. The van der Waals surface area contributed by atoms with Crippen molar-refractivity contribution in [2.24, 2.45) is 5.10 Å². The van der Waals surface area contributed by atoms with Crippen molar-refractivity contribution in [3.63, 3.8) is 0 Å². The Balaban J connectivity index is 2.21. The minimum absolute atomic E-state index is 0.130. The van der Waals surface area contributed by atoms with E-state index in [9.17, 15) is 14.0 Å². The van der Waals surface area contributed by atoms with E-state index in [1.807, 2.05) is 0 Å². The Kier molecular flexibility index (Phi) is 6.20. The highest BCUT2D eigenvalue weighted by atomic mass is 79.9. The molecule has 2 N–H and O–H groups in total. The third-order valence-electron chi connectivity index (χ3n) is 3.16. The number of aliphatic carboxylic acids is 1. The molecule has 0 aliphatic heterocycles. The average molecular weight is 393 g/mol. The molecule has 2 aromatic rings. The zero-order valence-corrected chi connectivity index (χ0v) is 14.1. The normalized spacial score (nSPS) is 11.2. The molecule has 0 fully saturated rings. The zero-order chi connectivity index (χ0) is 17.5. The summed E-state index contributed by atoms with van der Waals surface area (Å²) < 4.78 is 14.5. The summed E-state index contributed by atoms with van der Waals surface area (Å²) in [5.74, 6) is -2.32. The molecule has 124 valence electrons. The number of carbonyl (C=O) groups is 2. The number of carboxylic acid groups (broad SMARTS) is 1. The molecule has 0 unspecified atom stereocenters. The van der Waals surface area contributed by atoms with Crippen LogP contribution in [0.1, 0.15) is 28.8 Å². The Hall–Kier alpha value is -2.54. The lowest BCUT2D eigenvalue weighted by Gasteiger charge is -2.07. The molecule has 0 saturated carbocycles. The number of nitrogens with zero attached hydrogens (tertiary/aromatic N) is 1. The Morgan fingerprint density at radius 2 is 1.75 bits per heavy atom. The Morgan fingerprint density at radius 3 is 2.38 bits per heavy atom. The minimum Gasteiger partial charge on any atom is -0.481 e. The number of hydrogen-bond acceptors (Lipinski definition) is 3. The third-order valence-corrected chi connectivity index (χ3v) is 3.69. The van der Waals surface area contributed by atoms with Crippen LogP contribution in [0.4, 0.5) is 4.39 Å². The van der Waals surface area contributed by atoms with Gasteiger partial charge in [-0.05, 0) is 29.8 Å². The number of carbonyl (C=O) groups excluding carboxylic acids is 1. The number of carboxylic acids is 1. The molecule has 0 heterocycles. The first kappa shape index (κ1) is 17.8. The van der Waals surface area contributed by atoms with Gasteiger partial charge in [-0.3, -0.25) is 9.59 Å². The molecular formula is C17H14BrFN2O3. The van der Waals surface area contributed by atoms with Gasteiger partial charge in [0.2, 0.25) is 0 Å². The summed E-state index contributed by atoms with van der Waals surface area (Å²) in [6.45, 7) is 0. The summed E-state index contributed by atoms with van der Waals surface area (Å²) in [5, 5.41) is 12.8. The second-order valence-electron chi connectivity index (χ2n) is 4.88. The van der Waals surface area contributed by atoms with Crippen LogP contribution in [0.5, 0.6) is 0 Å². The molecule has 2 rings (SSSR count).